The van der Waals surface area contributed by atoms with Gasteiger partial charge in [0.25, 0.3) is 0 Å². The minimum atomic E-state index is -1.06. The molecule has 0 aromatic heterocycles. The van der Waals surface area contributed by atoms with Crippen LogP contribution in [0.3, 0.4) is 0 Å². The third-order valence-corrected chi connectivity index (χ3v) is 3.12. The van der Waals surface area contributed by atoms with E-state index in [2.05, 4.69) is 0 Å². The molecule has 5 heteroatoms. The Hall–Kier alpha value is -2.04. The summed E-state index contributed by atoms with van der Waals surface area (Å²) < 4.78 is 0. The molecule has 0 bridgehead atoms. The Balaban J connectivity index is 2.42. The smallest absolute Gasteiger partial charge is 0.337 e. The van der Waals surface area contributed by atoms with Crippen LogP contribution >= 0.6 is 0 Å². The summed E-state index contributed by atoms with van der Waals surface area (Å²) in [5.41, 5.74) is 6.52. The summed E-state index contributed by atoms with van der Waals surface area (Å²) in [7, 11) is 0. The van der Waals surface area contributed by atoms with Crippen LogP contribution in [0, 0.1) is 0 Å². The topological polar surface area (TPSA) is 83.6 Å². The molecular weight excluding hydrogens is 232 g/mol. The molecule has 1 amide bonds. The van der Waals surface area contributed by atoms with Crippen LogP contribution in [-0.4, -0.2) is 23.5 Å². The summed E-state index contributed by atoms with van der Waals surface area (Å²) in [5, 5.41) is 9.18. The molecule has 0 saturated carbocycles. The van der Waals surface area contributed by atoms with Crippen LogP contribution in [0.1, 0.15) is 36.0 Å². The van der Waals surface area contributed by atoms with Crippen LogP contribution < -0.4 is 10.6 Å². The largest absolute Gasteiger partial charge is 0.478 e. The molecule has 1 heterocycles. The van der Waals surface area contributed by atoms with Gasteiger partial charge in [0.05, 0.1) is 11.3 Å². The lowest BCUT2D eigenvalue weighted by Crippen LogP contribution is -2.31. The minimum absolute atomic E-state index is 0.0141. The lowest BCUT2D eigenvalue weighted by atomic mass is 10.1. The molecular formula is C13H16N2O3. The van der Waals surface area contributed by atoms with E-state index in [-0.39, 0.29) is 11.5 Å². The van der Waals surface area contributed by atoms with Crippen molar-refractivity contribution in [3.05, 3.63) is 23.8 Å². The van der Waals surface area contributed by atoms with E-state index in [0.717, 1.165) is 19.3 Å². The van der Waals surface area contributed by atoms with Crippen molar-refractivity contribution in [2.75, 3.05) is 17.2 Å². The summed E-state index contributed by atoms with van der Waals surface area (Å²) in [6.07, 6.45) is 3.24. The van der Waals surface area contributed by atoms with Crippen LogP contribution in [0.5, 0.6) is 0 Å². The number of carbonyl (C=O) groups is 2. The van der Waals surface area contributed by atoms with Crippen molar-refractivity contribution in [3.8, 4) is 0 Å². The molecule has 5 nitrogen and oxygen atoms in total. The molecule has 0 radical (unpaired) electrons. The number of aromatic carboxylic acids is 1. The maximum Gasteiger partial charge on any atom is 0.337 e. The summed E-state index contributed by atoms with van der Waals surface area (Å²) in [5.74, 6) is -1.07. The van der Waals surface area contributed by atoms with Crippen LogP contribution in [-0.2, 0) is 4.79 Å². The van der Waals surface area contributed by atoms with E-state index in [0.29, 0.717) is 24.3 Å². The Kier molecular flexibility index (Phi) is 3.50. The molecule has 18 heavy (non-hydrogen) atoms. The molecule has 2 rings (SSSR count). The van der Waals surface area contributed by atoms with Gasteiger partial charge >= 0.3 is 5.97 Å². The summed E-state index contributed by atoms with van der Waals surface area (Å²) >= 11 is 0. The van der Waals surface area contributed by atoms with Crippen molar-refractivity contribution in [1.29, 1.82) is 0 Å². The predicted molar refractivity (Wildman–Crippen MR) is 68.6 cm³/mol. The Morgan fingerprint density at radius 1 is 1.28 bits per heavy atom. The van der Waals surface area contributed by atoms with Crippen molar-refractivity contribution >= 4 is 23.3 Å². The predicted octanol–water partition coefficient (Wildman–Crippen LogP) is 1.87. The number of carboxylic acid groups (broad SMARTS) is 1. The molecule has 1 aliphatic rings. The fourth-order valence-electron chi connectivity index (χ4n) is 2.20. The van der Waals surface area contributed by atoms with E-state index in [1.165, 1.54) is 6.07 Å². The average Bonchev–Trinajstić information content (AvgIpc) is 2.54. The minimum Gasteiger partial charge on any atom is -0.478 e. The number of rotatable bonds is 2. The monoisotopic (exact) mass is 248 g/mol. The lowest BCUT2D eigenvalue weighted by Gasteiger charge is -2.22. The van der Waals surface area contributed by atoms with Crippen LogP contribution in [0.15, 0.2) is 18.2 Å². The zero-order valence-electron chi connectivity index (χ0n) is 10.1. The summed E-state index contributed by atoms with van der Waals surface area (Å²) in [6, 6.07) is 4.64. The van der Waals surface area contributed by atoms with Crippen LogP contribution in [0.25, 0.3) is 0 Å². The Labute approximate surface area is 105 Å². The highest BCUT2D eigenvalue weighted by molar-refractivity contribution is 6.02. The number of amides is 1. The first-order chi connectivity index (χ1) is 8.59. The molecule has 1 aromatic carbocycles. The van der Waals surface area contributed by atoms with Gasteiger partial charge in [0.2, 0.25) is 5.91 Å². The van der Waals surface area contributed by atoms with Gasteiger partial charge in [0.1, 0.15) is 0 Å². The number of nitrogens with zero attached hydrogens (tertiary/aromatic N) is 1. The van der Waals surface area contributed by atoms with Gasteiger partial charge in [-0.2, -0.15) is 0 Å². The lowest BCUT2D eigenvalue weighted by molar-refractivity contribution is -0.118. The van der Waals surface area contributed by atoms with Crippen LogP contribution in [0.2, 0.25) is 0 Å². The zero-order valence-corrected chi connectivity index (χ0v) is 10.1. The third kappa shape index (κ3) is 2.45. The second-order valence-corrected chi connectivity index (χ2v) is 4.44. The number of anilines is 2. The number of carbonyl (C=O) groups excluding carboxylic acids is 1. The van der Waals surface area contributed by atoms with E-state index in [1.807, 2.05) is 0 Å². The molecule has 1 fully saturated rings. The number of hydrogen-bond acceptors (Lipinski definition) is 3. The summed E-state index contributed by atoms with van der Waals surface area (Å²) in [6.45, 7) is 0.572. The van der Waals surface area contributed by atoms with Crippen molar-refractivity contribution in [2.45, 2.75) is 25.7 Å². The fourth-order valence-corrected chi connectivity index (χ4v) is 2.20. The van der Waals surface area contributed by atoms with Gasteiger partial charge < -0.3 is 15.7 Å². The Morgan fingerprint density at radius 3 is 2.78 bits per heavy atom. The molecule has 0 aliphatic carbocycles. The van der Waals surface area contributed by atoms with Crippen molar-refractivity contribution in [2.24, 2.45) is 0 Å². The molecule has 3 N–H and O–H groups in total. The first-order valence-corrected chi connectivity index (χ1v) is 6.03. The van der Waals surface area contributed by atoms with Gasteiger partial charge in [-0.15, -0.1) is 0 Å². The van der Waals surface area contributed by atoms with Gasteiger partial charge in [-0.1, -0.05) is 6.42 Å². The fraction of sp³-hybridized carbons (Fsp3) is 0.385. The van der Waals surface area contributed by atoms with E-state index >= 15 is 0 Å². The molecule has 96 valence electrons. The Morgan fingerprint density at radius 2 is 2.06 bits per heavy atom. The van der Waals surface area contributed by atoms with E-state index in [9.17, 15) is 14.7 Å². The first kappa shape index (κ1) is 12.4. The molecule has 0 spiro atoms. The van der Waals surface area contributed by atoms with Crippen LogP contribution in [0.4, 0.5) is 11.4 Å². The second kappa shape index (κ2) is 5.08. The van der Waals surface area contributed by atoms with E-state index in [4.69, 9.17) is 5.73 Å². The maximum absolute atomic E-state index is 12.0. The molecule has 1 saturated heterocycles. The normalized spacial score (nSPS) is 16.4. The van der Waals surface area contributed by atoms with Crippen molar-refractivity contribution < 1.29 is 14.7 Å². The molecule has 1 aliphatic heterocycles. The van der Waals surface area contributed by atoms with E-state index in [1.54, 1.807) is 17.0 Å². The molecule has 0 unspecified atom stereocenters. The standard InChI is InChI=1S/C13H16N2O3/c14-9-5-6-11(10(8-9)13(17)18)15-7-3-1-2-4-12(15)16/h5-6,8H,1-4,7,14H2,(H,17,18). The molecule has 0 atom stereocenters. The first-order valence-electron chi connectivity index (χ1n) is 6.03. The van der Waals surface area contributed by atoms with Gasteiger partial charge in [-0.25, -0.2) is 4.79 Å². The summed E-state index contributed by atoms with van der Waals surface area (Å²) in [4.78, 5) is 24.8. The van der Waals surface area contributed by atoms with Gasteiger partial charge in [0.15, 0.2) is 0 Å². The average molecular weight is 248 g/mol. The highest BCUT2D eigenvalue weighted by Crippen LogP contribution is 2.26. The van der Waals surface area contributed by atoms with Gasteiger partial charge in [0, 0.05) is 18.7 Å². The van der Waals surface area contributed by atoms with Gasteiger partial charge in [-0.05, 0) is 31.0 Å². The number of hydrogen-bond donors (Lipinski definition) is 2. The van der Waals surface area contributed by atoms with Crippen molar-refractivity contribution in [1.82, 2.24) is 0 Å². The zero-order chi connectivity index (χ0) is 13.1. The second-order valence-electron chi connectivity index (χ2n) is 4.44. The SMILES string of the molecule is Nc1ccc(N2CCCCCC2=O)c(C(=O)O)c1. The number of nitrogens with two attached hydrogens (primary N) is 1. The Bertz CT molecular complexity index is 485. The number of benzene rings is 1. The van der Waals surface area contributed by atoms with E-state index < -0.39 is 5.97 Å². The van der Waals surface area contributed by atoms with Crippen molar-refractivity contribution in [3.63, 3.8) is 0 Å². The maximum atomic E-state index is 12.0. The van der Waals surface area contributed by atoms with Gasteiger partial charge in [-0.3, -0.25) is 4.79 Å². The third-order valence-electron chi connectivity index (χ3n) is 3.12. The quantitative estimate of drug-likeness (QED) is 0.782. The highest BCUT2D eigenvalue weighted by Gasteiger charge is 2.23. The number of nitrogen functional groups attached to an aromatic ring is 1. The molecule has 1 aromatic rings. The highest BCUT2D eigenvalue weighted by atomic mass is 16.4. The number of carboxylic acids is 1.